The predicted octanol–water partition coefficient (Wildman–Crippen LogP) is 5.37. The number of halogens is 5. The van der Waals surface area contributed by atoms with Crippen LogP contribution in [0.5, 0.6) is 0 Å². The monoisotopic (exact) mass is 462 g/mol. The third-order valence-corrected chi connectivity index (χ3v) is 5.82. The molecule has 1 heterocycles. The van der Waals surface area contributed by atoms with Crippen molar-refractivity contribution in [1.29, 1.82) is 0 Å². The highest BCUT2D eigenvalue weighted by Crippen LogP contribution is 2.41. The Labute approximate surface area is 176 Å². The van der Waals surface area contributed by atoms with Gasteiger partial charge in [-0.3, -0.25) is 0 Å². The maximum Gasteiger partial charge on any atom is 0.419 e. The van der Waals surface area contributed by atoms with Crippen LogP contribution >= 0.6 is 11.6 Å². The number of hydrogen-bond donors (Lipinski definition) is 1. The molecule has 0 fully saturated rings. The lowest BCUT2D eigenvalue weighted by molar-refractivity contribution is -0.139. The molecule has 2 aromatic carbocycles. The zero-order valence-corrected chi connectivity index (χ0v) is 17.7. The number of nitrogens with one attached hydrogen (secondary N) is 1. The minimum atomic E-state index is -4.82. The molecule has 162 valence electrons. The summed E-state index contributed by atoms with van der Waals surface area (Å²) in [5.41, 5.74) is -0.0760. The molecule has 0 bridgehead atoms. The maximum absolute atomic E-state index is 14.9. The molecular formula is C20H19ClF4N2O2S. The van der Waals surface area contributed by atoms with Crippen LogP contribution in [0.3, 0.4) is 0 Å². The van der Waals surface area contributed by atoms with E-state index in [1.807, 2.05) is 0 Å². The van der Waals surface area contributed by atoms with E-state index in [4.69, 9.17) is 11.6 Å². The van der Waals surface area contributed by atoms with Gasteiger partial charge in [-0.15, -0.1) is 0 Å². The summed E-state index contributed by atoms with van der Waals surface area (Å²) in [6, 6.07) is 8.15. The van der Waals surface area contributed by atoms with Crippen molar-refractivity contribution in [1.82, 2.24) is 9.29 Å². The molecule has 4 nitrogen and oxygen atoms in total. The minimum absolute atomic E-state index is 0.164. The molecule has 0 radical (unpaired) electrons. The van der Waals surface area contributed by atoms with Crippen LogP contribution in [0.15, 0.2) is 36.4 Å². The molecular weight excluding hydrogens is 444 g/mol. The molecule has 30 heavy (non-hydrogen) atoms. The SMILES string of the molecule is Cc1c(-c2cccc(C(F)(F)F)c2F)c2cccc(Cl)c2n1CCCNS(C)(=O)=O. The Morgan fingerprint density at radius 1 is 1.13 bits per heavy atom. The standard InChI is InChI=1S/C20H19ClF4N2O2S/c1-12-17(13-6-3-8-15(18(13)22)20(23,24)25)14-7-4-9-16(21)19(14)27(12)11-5-10-26-30(2,28)29/h3-4,6-9,26H,5,10-11H2,1-2H3. The van der Waals surface area contributed by atoms with Crippen LogP contribution in [0, 0.1) is 12.7 Å². The Kier molecular flexibility index (Phi) is 6.18. The van der Waals surface area contributed by atoms with Gasteiger partial charge >= 0.3 is 6.18 Å². The second-order valence-corrected chi connectivity index (χ2v) is 9.17. The summed E-state index contributed by atoms with van der Waals surface area (Å²) in [6.07, 6.45) is -3.36. The van der Waals surface area contributed by atoms with Crippen LogP contribution < -0.4 is 4.72 Å². The average molecular weight is 463 g/mol. The van der Waals surface area contributed by atoms with E-state index in [0.29, 0.717) is 46.2 Å². The van der Waals surface area contributed by atoms with Crippen molar-refractivity contribution >= 4 is 32.5 Å². The average Bonchev–Trinajstić information content (AvgIpc) is 2.90. The first-order chi connectivity index (χ1) is 13.9. The van der Waals surface area contributed by atoms with Crippen molar-refractivity contribution < 1.29 is 26.0 Å². The molecule has 0 amide bonds. The number of fused-ring (bicyclic) bond motifs is 1. The fourth-order valence-corrected chi connectivity index (χ4v) is 4.34. The molecule has 10 heteroatoms. The molecule has 0 aliphatic carbocycles. The van der Waals surface area contributed by atoms with Gasteiger partial charge in [-0.25, -0.2) is 17.5 Å². The number of benzene rings is 2. The van der Waals surface area contributed by atoms with E-state index in [1.165, 1.54) is 12.1 Å². The Hall–Kier alpha value is -2.10. The molecule has 0 unspecified atom stereocenters. The summed E-state index contributed by atoms with van der Waals surface area (Å²) in [4.78, 5) is 0. The molecule has 0 atom stereocenters. The summed E-state index contributed by atoms with van der Waals surface area (Å²) in [6.45, 7) is 2.19. The van der Waals surface area contributed by atoms with E-state index in [0.717, 1.165) is 6.26 Å². The van der Waals surface area contributed by atoms with Crippen molar-refractivity contribution in [2.45, 2.75) is 26.1 Å². The van der Waals surface area contributed by atoms with Crippen LogP contribution in [-0.2, 0) is 22.7 Å². The Balaban J connectivity index is 2.14. The first-order valence-electron chi connectivity index (χ1n) is 9.00. The second kappa shape index (κ2) is 8.20. The van der Waals surface area contributed by atoms with Gasteiger partial charge in [0.2, 0.25) is 10.0 Å². The number of sulfonamides is 1. The highest BCUT2D eigenvalue weighted by molar-refractivity contribution is 7.88. The molecule has 0 saturated heterocycles. The quantitative estimate of drug-likeness (QED) is 0.395. The molecule has 0 aliphatic rings. The summed E-state index contributed by atoms with van der Waals surface area (Å²) in [5.74, 6) is -1.34. The van der Waals surface area contributed by atoms with E-state index in [-0.39, 0.29) is 12.1 Å². The van der Waals surface area contributed by atoms with Gasteiger partial charge in [0, 0.05) is 35.3 Å². The molecule has 0 saturated carbocycles. The van der Waals surface area contributed by atoms with Crippen LogP contribution in [0.25, 0.3) is 22.0 Å². The van der Waals surface area contributed by atoms with Gasteiger partial charge in [0.05, 0.1) is 22.4 Å². The first kappa shape index (κ1) is 22.6. The fourth-order valence-electron chi connectivity index (χ4n) is 3.55. The minimum Gasteiger partial charge on any atom is -0.343 e. The van der Waals surface area contributed by atoms with Gasteiger partial charge in [-0.1, -0.05) is 35.9 Å². The second-order valence-electron chi connectivity index (χ2n) is 6.93. The third kappa shape index (κ3) is 4.48. The fraction of sp³-hybridized carbons (Fsp3) is 0.300. The topological polar surface area (TPSA) is 51.1 Å². The molecule has 1 aromatic heterocycles. The van der Waals surface area contributed by atoms with Gasteiger partial charge in [0.1, 0.15) is 5.82 Å². The lowest BCUT2D eigenvalue weighted by atomic mass is 9.99. The number of aromatic nitrogens is 1. The highest BCUT2D eigenvalue weighted by Gasteiger charge is 2.35. The van der Waals surface area contributed by atoms with Crippen molar-refractivity contribution in [3.63, 3.8) is 0 Å². The van der Waals surface area contributed by atoms with Crippen LogP contribution in [-0.4, -0.2) is 25.8 Å². The maximum atomic E-state index is 14.9. The van der Waals surface area contributed by atoms with E-state index in [9.17, 15) is 26.0 Å². The van der Waals surface area contributed by atoms with Crippen molar-refractivity contribution in [2.75, 3.05) is 12.8 Å². The number of alkyl halides is 3. The zero-order chi connectivity index (χ0) is 22.3. The van der Waals surface area contributed by atoms with Gasteiger partial charge in [-0.2, -0.15) is 13.2 Å². The van der Waals surface area contributed by atoms with Crippen molar-refractivity contribution in [2.24, 2.45) is 0 Å². The molecule has 1 N–H and O–H groups in total. The van der Waals surface area contributed by atoms with Gasteiger partial charge in [0.15, 0.2) is 0 Å². The number of hydrogen-bond acceptors (Lipinski definition) is 2. The van der Waals surface area contributed by atoms with Gasteiger partial charge in [0.25, 0.3) is 0 Å². The number of aryl methyl sites for hydroxylation is 1. The first-order valence-corrected chi connectivity index (χ1v) is 11.3. The highest BCUT2D eigenvalue weighted by atomic mass is 35.5. The molecule has 3 rings (SSSR count). The molecule has 0 aliphatic heterocycles. The summed E-state index contributed by atoms with van der Waals surface area (Å²) in [5, 5.41) is 0.889. The van der Waals surface area contributed by atoms with Crippen LogP contribution in [0.2, 0.25) is 5.02 Å². The van der Waals surface area contributed by atoms with Crippen LogP contribution in [0.4, 0.5) is 17.6 Å². The number of rotatable bonds is 6. The van der Waals surface area contributed by atoms with Crippen molar-refractivity contribution in [3.8, 4) is 11.1 Å². The van der Waals surface area contributed by atoms with Gasteiger partial charge < -0.3 is 4.57 Å². The Morgan fingerprint density at radius 2 is 1.80 bits per heavy atom. The normalized spacial score (nSPS) is 12.6. The third-order valence-electron chi connectivity index (χ3n) is 4.79. The Morgan fingerprint density at radius 3 is 2.43 bits per heavy atom. The van der Waals surface area contributed by atoms with E-state index < -0.39 is 27.6 Å². The lowest BCUT2D eigenvalue weighted by Gasteiger charge is -2.12. The zero-order valence-electron chi connectivity index (χ0n) is 16.1. The summed E-state index contributed by atoms with van der Waals surface area (Å²) in [7, 11) is -3.34. The van der Waals surface area contributed by atoms with E-state index >= 15 is 0 Å². The number of para-hydroxylation sites is 1. The predicted molar refractivity (Wildman–Crippen MR) is 110 cm³/mol. The smallest absolute Gasteiger partial charge is 0.343 e. The van der Waals surface area contributed by atoms with Gasteiger partial charge in [-0.05, 0) is 25.5 Å². The van der Waals surface area contributed by atoms with E-state index in [2.05, 4.69) is 4.72 Å². The lowest BCUT2D eigenvalue weighted by Crippen LogP contribution is -2.24. The largest absolute Gasteiger partial charge is 0.419 e. The molecule has 0 spiro atoms. The Bertz CT molecular complexity index is 1200. The summed E-state index contributed by atoms with van der Waals surface area (Å²) < 4.78 is 81.1. The van der Waals surface area contributed by atoms with E-state index in [1.54, 1.807) is 29.7 Å². The summed E-state index contributed by atoms with van der Waals surface area (Å²) >= 11 is 6.36. The number of nitrogens with zero attached hydrogens (tertiary/aromatic N) is 1. The van der Waals surface area contributed by atoms with Crippen LogP contribution in [0.1, 0.15) is 17.7 Å². The van der Waals surface area contributed by atoms with Crippen molar-refractivity contribution in [3.05, 3.63) is 58.5 Å². The molecule has 3 aromatic rings.